The second-order valence-corrected chi connectivity index (χ2v) is 4.90. The molecule has 0 spiro atoms. The van der Waals surface area contributed by atoms with Crippen LogP contribution in [0.15, 0.2) is 15.5 Å². The van der Waals surface area contributed by atoms with Gasteiger partial charge in [-0.25, -0.2) is 4.98 Å². The molecule has 0 N–H and O–H groups in total. The standard InChI is InChI=1S/C7H10Br2N2/c1-7(2,3)11-4-5(8)10-6(11)9/h4H,1-3H3. The van der Waals surface area contributed by atoms with Gasteiger partial charge in [0.1, 0.15) is 4.60 Å². The van der Waals surface area contributed by atoms with Gasteiger partial charge in [-0.2, -0.15) is 0 Å². The number of hydrogen-bond acceptors (Lipinski definition) is 1. The summed E-state index contributed by atoms with van der Waals surface area (Å²) < 4.78 is 3.79. The van der Waals surface area contributed by atoms with E-state index in [0.717, 1.165) is 9.34 Å². The summed E-state index contributed by atoms with van der Waals surface area (Å²) in [4.78, 5) is 4.17. The summed E-state index contributed by atoms with van der Waals surface area (Å²) >= 11 is 6.69. The lowest BCUT2D eigenvalue weighted by molar-refractivity contribution is 0.389. The molecule has 62 valence electrons. The second kappa shape index (κ2) is 2.90. The van der Waals surface area contributed by atoms with Crippen molar-refractivity contribution in [3.05, 3.63) is 15.5 Å². The average molecular weight is 282 g/mol. The molecule has 2 nitrogen and oxygen atoms in total. The van der Waals surface area contributed by atoms with Crippen molar-refractivity contribution in [2.24, 2.45) is 0 Å². The molecule has 0 aliphatic rings. The molecular weight excluding hydrogens is 272 g/mol. The number of imidazole rings is 1. The Balaban J connectivity index is 3.13. The molecule has 0 fully saturated rings. The summed E-state index contributed by atoms with van der Waals surface area (Å²) in [5.74, 6) is 0. The van der Waals surface area contributed by atoms with Crippen molar-refractivity contribution >= 4 is 31.9 Å². The van der Waals surface area contributed by atoms with Crippen LogP contribution in [0.1, 0.15) is 20.8 Å². The van der Waals surface area contributed by atoms with Crippen molar-refractivity contribution in [1.29, 1.82) is 0 Å². The van der Waals surface area contributed by atoms with Crippen LogP contribution in [0.3, 0.4) is 0 Å². The highest BCUT2D eigenvalue weighted by molar-refractivity contribution is 9.11. The summed E-state index contributed by atoms with van der Waals surface area (Å²) in [6.45, 7) is 6.39. The van der Waals surface area contributed by atoms with Crippen molar-refractivity contribution in [3.63, 3.8) is 0 Å². The first-order chi connectivity index (χ1) is 4.91. The minimum Gasteiger partial charge on any atom is -0.319 e. The van der Waals surface area contributed by atoms with Crippen molar-refractivity contribution < 1.29 is 0 Å². The number of halogens is 2. The minimum atomic E-state index is 0.0812. The summed E-state index contributed by atoms with van der Waals surface area (Å²) in [6, 6.07) is 0. The normalized spacial score (nSPS) is 12.1. The zero-order valence-electron chi connectivity index (χ0n) is 6.73. The summed E-state index contributed by atoms with van der Waals surface area (Å²) in [7, 11) is 0. The molecule has 0 saturated carbocycles. The summed E-state index contributed by atoms with van der Waals surface area (Å²) in [5, 5.41) is 0. The van der Waals surface area contributed by atoms with E-state index in [9.17, 15) is 0 Å². The van der Waals surface area contributed by atoms with Gasteiger partial charge in [-0.05, 0) is 52.6 Å². The van der Waals surface area contributed by atoms with Crippen LogP contribution in [0.4, 0.5) is 0 Å². The Morgan fingerprint density at radius 3 is 2.09 bits per heavy atom. The Morgan fingerprint density at radius 2 is 1.91 bits per heavy atom. The Kier molecular flexibility index (Phi) is 2.44. The SMILES string of the molecule is CC(C)(C)n1cc(Br)nc1Br. The molecule has 4 heteroatoms. The van der Waals surface area contributed by atoms with Crippen molar-refractivity contribution in [2.45, 2.75) is 26.3 Å². The Morgan fingerprint density at radius 1 is 1.36 bits per heavy atom. The third kappa shape index (κ3) is 2.06. The Hall–Kier alpha value is 0.170. The van der Waals surface area contributed by atoms with Crippen LogP contribution in [0.2, 0.25) is 0 Å². The lowest BCUT2D eigenvalue weighted by Crippen LogP contribution is -2.20. The van der Waals surface area contributed by atoms with E-state index < -0.39 is 0 Å². The fourth-order valence-corrected chi connectivity index (χ4v) is 2.24. The van der Waals surface area contributed by atoms with Crippen LogP contribution < -0.4 is 0 Å². The predicted molar refractivity (Wildman–Crippen MR) is 52.6 cm³/mol. The number of rotatable bonds is 0. The first-order valence-electron chi connectivity index (χ1n) is 3.32. The fraction of sp³-hybridized carbons (Fsp3) is 0.571. The molecule has 1 heterocycles. The number of hydrogen-bond donors (Lipinski definition) is 0. The molecule has 1 aromatic heterocycles. The molecule has 0 bridgehead atoms. The summed E-state index contributed by atoms with van der Waals surface area (Å²) in [6.07, 6.45) is 1.96. The highest BCUT2D eigenvalue weighted by Crippen LogP contribution is 2.23. The maximum atomic E-state index is 4.17. The van der Waals surface area contributed by atoms with Gasteiger partial charge in [0.25, 0.3) is 0 Å². The predicted octanol–water partition coefficient (Wildman–Crippen LogP) is 3.16. The van der Waals surface area contributed by atoms with Crippen molar-refractivity contribution in [1.82, 2.24) is 9.55 Å². The van der Waals surface area contributed by atoms with Gasteiger partial charge in [-0.3, -0.25) is 0 Å². The van der Waals surface area contributed by atoms with Crippen LogP contribution in [0.5, 0.6) is 0 Å². The van der Waals surface area contributed by atoms with Gasteiger partial charge in [0.15, 0.2) is 4.73 Å². The van der Waals surface area contributed by atoms with Crippen molar-refractivity contribution in [3.8, 4) is 0 Å². The van der Waals surface area contributed by atoms with E-state index in [1.54, 1.807) is 0 Å². The van der Waals surface area contributed by atoms with Crippen LogP contribution in [0, 0.1) is 0 Å². The van der Waals surface area contributed by atoms with Gasteiger partial charge >= 0.3 is 0 Å². The Bertz CT molecular complexity index is 260. The average Bonchev–Trinajstić information content (AvgIpc) is 2.08. The maximum absolute atomic E-state index is 4.17. The van der Waals surface area contributed by atoms with E-state index in [-0.39, 0.29) is 5.54 Å². The lowest BCUT2D eigenvalue weighted by atomic mass is 10.1. The maximum Gasteiger partial charge on any atom is 0.178 e. The van der Waals surface area contributed by atoms with E-state index in [1.165, 1.54) is 0 Å². The topological polar surface area (TPSA) is 17.8 Å². The molecule has 1 aromatic rings. The van der Waals surface area contributed by atoms with Gasteiger partial charge in [-0.15, -0.1) is 0 Å². The lowest BCUT2D eigenvalue weighted by Gasteiger charge is -2.21. The molecule has 0 amide bonds. The summed E-state index contributed by atoms with van der Waals surface area (Å²) in [5.41, 5.74) is 0.0812. The van der Waals surface area contributed by atoms with Crippen LogP contribution in [-0.4, -0.2) is 9.55 Å². The van der Waals surface area contributed by atoms with Gasteiger partial charge < -0.3 is 4.57 Å². The smallest absolute Gasteiger partial charge is 0.178 e. The molecule has 0 atom stereocenters. The molecular formula is C7H10Br2N2. The number of nitrogens with zero attached hydrogens (tertiary/aromatic N) is 2. The number of aromatic nitrogens is 2. The molecule has 0 aliphatic heterocycles. The van der Waals surface area contributed by atoms with Gasteiger partial charge in [0.05, 0.1) is 0 Å². The van der Waals surface area contributed by atoms with E-state index in [4.69, 9.17) is 0 Å². The second-order valence-electron chi connectivity index (χ2n) is 3.37. The molecule has 11 heavy (non-hydrogen) atoms. The third-order valence-corrected chi connectivity index (χ3v) is 2.30. The van der Waals surface area contributed by atoms with E-state index in [1.807, 2.05) is 6.20 Å². The van der Waals surface area contributed by atoms with Gasteiger partial charge in [-0.1, -0.05) is 0 Å². The minimum absolute atomic E-state index is 0.0812. The Labute approximate surface area is 83.3 Å². The van der Waals surface area contributed by atoms with E-state index >= 15 is 0 Å². The molecule has 0 aliphatic carbocycles. The third-order valence-electron chi connectivity index (χ3n) is 1.36. The van der Waals surface area contributed by atoms with Crippen LogP contribution in [0.25, 0.3) is 0 Å². The van der Waals surface area contributed by atoms with Crippen LogP contribution in [-0.2, 0) is 5.54 Å². The first kappa shape index (κ1) is 9.26. The molecule has 1 rings (SSSR count). The zero-order chi connectivity index (χ0) is 8.65. The molecule has 0 radical (unpaired) electrons. The van der Waals surface area contributed by atoms with Crippen LogP contribution >= 0.6 is 31.9 Å². The van der Waals surface area contributed by atoms with Gasteiger partial charge in [0.2, 0.25) is 0 Å². The monoisotopic (exact) mass is 280 g/mol. The molecule has 0 saturated heterocycles. The molecule has 0 aromatic carbocycles. The van der Waals surface area contributed by atoms with E-state index in [2.05, 4.69) is 62.2 Å². The highest BCUT2D eigenvalue weighted by atomic mass is 79.9. The van der Waals surface area contributed by atoms with Gasteiger partial charge in [0, 0.05) is 11.7 Å². The quantitative estimate of drug-likeness (QED) is 0.714. The van der Waals surface area contributed by atoms with E-state index in [0.29, 0.717) is 0 Å². The fourth-order valence-electron chi connectivity index (χ4n) is 0.801. The molecule has 0 unspecified atom stereocenters. The zero-order valence-corrected chi connectivity index (χ0v) is 9.90. The van der Waals surface area contributed by atoms with Crippen molar-refractivity contribution in [2.75, 3.05) is 0 Å². The highest BCUT2D eigenvalue weighted by Gasteiger charge is 2.16. The largest absolute Gasteiger partial charge is 0.319 e. The first-order valence-corrected chi connectivity index (χ1v) is 4.91.